The molecule has 21 heteroatoms. The van der Waals surface area contributed by atoms with Gasteiger partial charge < -0.3 is 44.1 Å². The molecule has 8 fully saturated rings. The number of esters is 1. The zero-order valence-corrected chi connectivity index (χ0v) is 47.2. The normalized spacial score (nSPS) is 29.1. The van der Waals surface area contributed by atoms with Crippen LogP contribution in [0.25, 0.3) is 22.2 Å². The zero-order chi connectivity index (χ0) is 55.7. The van der Waals surface area contributed by atoms with Crippen molar-refractivity contribution in [1.29, 1.82) is 0 Å². The number of halogens is 3. The van der Waals surface area contributed by atoms with Crippen molar-refractivity contribution in [2.24, 2.45) is 16.7 Å². The summed E-state index contributed by atoms with van der Waals surface area (Å²) >= 11 is 0. The molecule has 6 saturated heterocycles. The van der Waals surface area contributed by atoms with Crippen molar-refractivity contribution in [2.45, 2.75) is 153 Å². The third kappa shape index (κ3) is 11.7. The second-order valence-corrected chi connectivity index (χ2v) is 25.7. The standard InChI is InChI=1S/C59H82F3N11O7/c1-37(78-4)50-44(27-41(30-64-50)68-22-20-67(21-23-68)39-11-12-39)52-45-29-57(2,3)36-80-56(77)46-10-7-17-73(66-46)55(76)47(28-42-32-69(24-25-79-42)40-13-14-49(43(45)26-40)72(52)35-59(60,61)62)65-53(74)51(38-8-5-6-9-38)70-18-15-58(33-70)16-19-71(34-58)54(75)48-31-63-48/h13-14,26-27,30,37-39,42,46-48,51,63,66H,5-12,15-25,28-29,31-36H2,1-4H3,(H,65,74)/t37-,42-,46-,47-,48+,51?,58-/m0/s1. The fraction of sp³-hybridized carbons (Fsp3) is 0.712. The molecule has 3 aromatic rings. The molecule has 12 rings (SSSR count). The molecule has 18 nitrogen and oxygen atoms in total. The highest BCUT2D eigenvalue weighted by Crippen LogP contribution is 2.46. The summed E-state index contributed by atoms with van der Waals surface area (Å²) in [4.78, 5) is 74.0. The Morgan fingerprint density at radius 2 is 1.70 bits per heavy atom. The quantitative estimate of drug-likeness (QED) is 0.164. The Hall–Kier alpha value is -5.06. The molecule has 1 unspecified atom stereocenters. The molecule has 2 aromatic heterocycles. The minimum Gasteiger partial charge on any atom is -0.464 e. The summed E-state index contributed by atoms with van der Waals surface area (Å²) in [5.41, 5.74) is 6.55. The number of rotatable bonds is 11. The number of amides is 3. The minimum atomic E-state index is -4.59. The average molecular weight is 1110 g/mol. The first-order valence-corrected chi connectivity index (χ1v) is 29.8. The lowest BCUT2D eigenvalue weighted by atomic mass is 9.84. The lowest BCUT2D eigenvalue weighted by molar-refractivity contribution is -0.156. The van der Waals surface area contributed by atoms with Gasteiger partial charge in [-0.05, 0) is 107 Å². The number of fused-ring (bicyclic) bond motifs is 6. The highest BCUT2D eigenvalue weighted by molar-refractivity contribution is 5.95. The van der Waals surface area contributed by atoms with Crippen molar-refractivity contribution < 1.29 is 46.6 Å². The molecule has 436 valence electrons. The number of pyridine rings is 1. The molecule has 80 heavy (non-hydrogen) atoms. The zero-order valence-electron chi connectivity index (χ0n) is 47.2. The summed E-state index contributed by atoms with van der Waals surface area (Å²) in [6, 6.07) is 5.88. The van der Waals surface area contributed by atoms with Gasteiger partial charge in [0.25, 0.3) is 5.91 Å². The summed E-state index contributed by atoms with van der Waals surface area (Å²) in [5.74, 6) is -0.808. The van der Waals surface area contributed by atoms with Crippen LogP contribution in [0.2, 0.25) is 0 Å². The number of nitrogens with one attached hydrogen (secondary N) is 3. The Bertz CT molecular complexity index is 2810. The van der Waals surface area contributed by atoms with Crippen LogP contribution in [-0.4, -0.2) is 194 Å². The van der Waals surface area contributed by atoms with Gasteiger partial charge >= 0.3 is 12.1 Å². The molecule has 2 aliphatic carbocycles. The maximum Gasteiger partial charge on any atom is 0.406 e. The van der Waals surface area contributed by atoms with E-state index < -0.39 is 54.4 Å². The topological polar surface area (TPSA) is 179 Å². The van der Waals surface area contributed by atoms with Crippen molar-refractivity contribution >= 4 is 46.0 Å². The first-order chi connectivity index (χ1) is 38.4. The minimum absolute atomic E-state index is 0.0514. The number of hydrogen-bond donors (Lipinski definition) is 3. The lowest BCUT2D eigenvalue weighted by Crippen LogP contribution is -2.62. The van der Waals surface area contributed by atoms with Gasteiger partial charge in [0.2, 0.25) is 11.8 Å². The number of piperazine rings is 1. The summed E-state index contributed by atoms with van der Waals surface area (Å²) in [6.07, 6.45) is 5.58. The van der Waals surface area contributed by atoms with E-state index in [4.69, 9.17) is 19.2 Å². The number of hydrazine groups is 1. The largest absolute Gasteiger partial charge is 0.464 e. The van der Waals surface area contributed by atoms with Crippen LogP contribution in [0.3, 0.4) is 0 Å². The van der Waals surface area contributed by atoms with Crippen LogP contribution < -0.4 is 25.9 Å². The highest BCUT2D eigenvalue weighted by Gasteiger charge is 2.51. The summed E-state index contributed by atoms with van der Waals surface area (Å²) in [7, 11) is 1.58. The highest BCUT2D eigenvalue weighted by atomic mass is 19.4. The van der Waals surface area contributed by atoms with Crippen molar-refractivity contribution in [3.63, 3.8) is 0 Å². The molecule has 7 aliphatic heterocycles. The fourth-order valence-corrected chi connectivity index (χ4v) is 14.6. The second-order valence-electron chi connectivity index (χ2n) is 25.7. The number of methoxy groups -OCH3 is 1. The van der Waals surface area contributed by atoms with Crippen LogP contribution in [-0.2, 0) is 46.4 Å². The Morgan fingerprint density at radius 3 is 2.44 bits per heavy atom. The smallest absolute Gasteiger partial charge is 0.406 e. The van der Waals surface area contributed by atoms with E-state index in [2.05, 4.69) is 35.7 Å². The van der Waals surface area contributed by atoms with Crippen molar-refractivity contribution in [3.8, 4) is 11.3 Å². The second kappa shape index (κ2) is 22.3. The molecular formula is C59H82F3N11O7. The van der Waals surface area contributed by atoms with Gasteiger partial charge in [0.15, 0.2) is 0 Å². The molecule has 1 spiro atoms. The Balaban J connectivity index is 0.893. The van der Waals surface area contributed by atoms with Crippen LogP contribution >= 0.6 is 0 Å². The van der Waals surface area contributed by atoms with Gasteiger partial charge in [-0.3, -0.25) is 39.0 Å². The maximum atomic E-state index is 15.2. The molecular weight excluding hydrogens is 1030 g/mol. The number of alkyl halides is 3. The SMILES string of the molecule is CO[C@@H](C)c1ncc(N2CCN(C3CC3)CC2)cc1-c1c2c3cc(ccc3n1CC(F)(F)F)N1CCO[C@@H](C[C@H](NC(=O)C(C3CCCC3)N3CC[C@]4(CCN(C(=O)[C@H]5CN5)C4)C3)C(=O)N3CCC[C@H](N3)C(=O)OCC(C)(C)C2)C1. The predicted octanol–water partition coefficient (Wildman–Crippen LogP) is 5.41. The number of ether oxygens (including phenoxy) is 3. The third-order valence-electron chi connectivity index (χ3n) is 19.2. The molecule has 6 bridgehead atoms. The Kier molecular flexibility index (Phi) is 15.4. The van der Waals surface area contributed by atoms with Crippen LogP contribution in [0.1, 0.15) is 109 Å². The molecule has 2 saturated carbocycles. The molecule has 9 aliphatic rings. The fourth-order valence-electron chi connectivity index (χ4n) is 14.6. The molecule has 9 heterocycles. The lowest BCUT2D eigenvalue weighted by Gasteiger charge is -2.39. The van der Waals surface area contributed by atoms with Crippen LogP contribution in [0, 0.1) is 16.7 Å². The molecule has 3 N–H and O–H groups in total. The van der Waals surface area contributed by atoms with Crippen molar-refractivity contribution in [1.82, 2.24) is 45.3 Å². The van der Waals surface area contributed by atoms with Gasteiger partial charge in [-0.2, -0.15) is 13.2 Å². The van der Waals surface area contributed by atoms with Gasteiger partial charge in [0.05, 0.1) is 60.8 Å². The van der Waals surface area contributed by atoms with Gasteiger partial charge in [0, 0.05) is 125 Å². The van der Waals surface area contributed by atoms with E-state index in [9.17, 15) is 9.59 Å². The van der Waals surface area contributed by atoms with Crippen LogP contribution in [0.5, 0.6) is 0 Å². The van der Waals surface area contributed by atoms with Crippen molar-refractivity contribution in [3.05, 3.63) is 41.7 Å². The molecule has 7 atom stereocenters. The number of nitrogens with zero attached hydrogens (tertiary/aromatic N) is 8. The number of morpholine rings is 1. The van der Waals surface area contributed by atoms with E-state index in [1.54, 1.807) is 13.2 Å². The molecule has 0 radical (unpaired) electrons. The maximum absolute atomic E-state index is 15.2. The van der Waals surface area contributed by atoms with E-state index in [1.165, 1.54) is 22.4 Å². The molecule has 1 aromatic carbocycles. The number of carbonyl (C=O) groups excluding carboxylic acids is 4. The first kappa shape index (κ1) is 55.5. The van der Waals surface area contributed by atoms with Crippen molar-refractivity contribution in [2.75, 3.05) is 109 Å². The summed E-state index contributed by atoms with van der Waals surface area (Å²) in [6.45, 7) is 12.9. The number of aromatic nitrogens is 2. The van der Waals surface area contributed by atoms with E-state index in [0.717, 1.165) is 95.7 Å². The monoisotopic (exact) mass is 1110 g/mol. The number of cyclic esters (lactones) is 1. The van der Waals surface area contributed by atoms with E-state index in [-0.39, 0.29) is 54.5 Å². The predicted molar refractivity (Wildman–Crippen MR) is 296 cm³/mol. The Morgan fingerprint density at radius 1 is 0.925 bits per heavy atom. The van der Waals surface area contributed by atoms with Gasteiger partial charge in [-0.1, -0.05) is 26.7 Å². The van der Waals surface area contributed by atoms with Gasteiger partial charge in [0.1, 0.15) is 18.6 Å². The number of likely N-dealkylation sites (tertiary alicyclic amines) is 2. The molecule has 3 amide bonds. The number of anilines is 2. The number of hydrogen-bond acceptors (Lipinski definition) is 14. The van der Waals surface area contributed by atoms with Gasteiger partial charge in [-0.15, -0.1) is 0 Å². The Labute approximate surface area is 467 Å². The number of benzene rings is 1. The summed E-state index contributed by atoms with van der Waals surface area (Å²) < 4.78 is 65.7. The summed E-state index contributed by atoms with van der Waals surface area (Å²) in [5, 5.41) is 8.58. The first-order valence-electron chi connectivity index (χ1n) is 29.8. The van der Waals surface area contributed by atoms with E-state index in [1.807, 2.05) is 50.1 Å². The van der Waals surface area contributed by atoms with E-state index >= 15 is 22.8 Å². The van der Waals surface area contributed by atoms with Gasteiger partial charge in [-0.25, -0.2) is 5.43 Å². The average Bonchev–Trinajstić information content (AvgIpc) is 4.34. The number of carbonyl (C=O) groups is 4. The van der Waals surface area contributed by atoms with E-state index in [0.29, 0.717) is 91.6 Å². The van der Waals surface area contributed by atoms with Crippen LogP contribution in [0.15, 0.2) is 30.5 Å². The third-order valence-corrected chi connectivity index (χ3v) is 19.2. The van der Waals surface area contributed by atoms with Crippen LogP contribution in [0.4, 0.5) is 24.5 Å².